The van der Waals surface area contributed by atoms with E-state index in [2.05, 4.69) is 4.90 Å². The zero-order chi connectivity index (χ0) is 22.9. The van der Waals surface area contributed by atoms with Crippen LogP contribution in [0.5, 0.6) is 5.75 Å². The summed E-state index contributed by atoms with van der Waals surface area (Å²) >= 11 is 0. The number of amides is 1. The number of piperazine rings is 1. The first-order valence-corrected chi connectivity index (χ1v) is 11.1. The molecule has 3 aromatic heterocycles. The molecule has 1 aliphatic rings. The predicted octanol–water partition coefficient (Wildman–Crippen LogP) is 3.25. The molecular formula is C24H26N6O3. The quantitative estimate of drug-likeness (QED) is 0.465. The van der Waals surface area contributed by atoms with E-state index in [0.29, 0.717) is 38.4 Å². The molecule has 9 nitrogen and oxygen atoms in total. The van der Waals surface area contributed by atoms with E-state index in [1.54, 1.807) is 19.2 Å². The molecule has 0 atom stereocenters. The van der Waals surface area contributed by atoms with Gasteiger partial charge in [0, 0.05) is 32.6 Å². The third kappa shape index (κ3) is 3.79. The van der Waals surface area contributed by atoms with Crippen molar-refractivity contribution in [1.29, 1.82) is 0 Å². The number of hydrogen-bond donors (Lipinski definition) is 0. The van der Waals surface area contributed by atoms with Gasteiger partial charge in [-0.1, -0.05) is 6.92 Å². The van der Waals surface area contributed by atoms with Gasteiger partial charge in [-0.2, -0.15) is 5.10 Å². The minimum absolute atomic E-state index is 0.0785. The zero-order valence-corrected chi connectivity index (χ0v) is 19.0. The molecule has 170 valence electrons. The van der Waals surface area contributed by atoms with Gasteiger partial charge >= 0.3 is 0 Å². The number of hydrogen-bond acceptors (Lipinski definition) is 7. The number of fused-ring (bicyclic) bond motifs is 1. The Hall–Kier alpha value is -3.88. The van der Waals surface area contributed by atoms with E-state index in [-0.39, 0.29) is 5.91 Å². The number of anilines is 1. The van der Waals surface area contributed by atoms with E-state index in [4.69, 9.17) is 24.2 Å². The van der Waals surface area contributed by atoms with Gasteiger partial charge in [-0.25, -0.2) is 14.6 Å². The summed E-state index contributed by atoms with van der Waals surface area (Å²) in [5, 5.41) is 5.73. The lowest BCUT2D eigenvalue weighted by Gasteiger charge is -2.35. The van der Waals surface area contributed by atoms with E-state index in [1.165, 1.54) is 6.26 Å². The molecule has 5 rings (SSSR count). The molecule has 0 saturated carbocycles. The SMILES string of the molecule is CCc1nc(N2CCN(C(=O)c3ccco3)CC2)c2c(C)nn(-c3ccc(OC)cc3)c2n1. The fraction of sp³-hybridized carbons (Fsp3) is 0.333. The van der Waals surface area contributed by atoms with Crippen molar-refractivity contribution in [2.45, 2.75) is 20.3 Å². The Labute approximate surface area is 191 Å². The fourth-order valence-corrected chi connectivity index (χ4v) is 4.17. The molecule has 4 aromatic rings. The van der Waals surface area contributed by atoms with Crippen molar-refractivity contribution in [2.24, 2.45) is 0 Å². The van der Waals surface area contributed by atoms with Crippen LogP contribution in [0.1, 0.15) is 29.0 Å². The minimum Gasteiger partial charge on any atom is -0.497 e. The van der Waals surface area contributed by atoms with E-state index < -0.39 is 0 Å². The molecule has 0 unspecified atom stereocenters. The van der Waals surface area contributed by atoms with Crippen LogP contribution in [0.15, 0.2) is 47.1 Å². The van der Waals surface area contributed by atoms with Crippen molar-refractivity contribution in [1.82, 2.24) is 24.6 Å². The molecule has 0 bridgehead atoms. The lowest BCUT2D eigenvalue weighted by atomic mass is 10.2. The maximum atomic E-state index is 12.6. The second kappa shape index (κ2) is 8.57. The summed E-state index contributed by atoms with van der Waals surface area (Å²) in [4.78, 5) is 26.4. The Balaban J connectivity index is 1.48. The normalized spacial score (nSPS) is 14.2. The van der Waals surface area contributed by atoms with Crippen LogP contribution in [0, 0.1) is 6.92 Å². The monoisotopic (exact) mass is 446 g/mol. The Morgan fingerprint density at radius 2 is 1.85 bits per heavy atom. The summed E-state index contributed by atoms with van der Waals surface area (Å²) in [5.74, 6) is 2.72. The number of carbonyl (C=O) groups is 1. The Morgan fingerprint density at radius 1 is 1.09 bits per heavy atom. The van der Waals surface area contributed by atoms with Crippen LogP contribution < -0.4 is 9.64 Å². The molecule has 1 fully saturated rings. The van der Waals surface area contributed by atoms with Gasteiger partial charge in [0.1, 0.15) is 17.4 Å². The van der Waals surface area contributed by atoms with Crippen molar-refractivity contribution in [3.63, 3.8) is 0 Å². The van der Waals surface area contributed by atoms with Gasteiger partial charge in [-0.15, -0.1) is 0 Å². The summed E-state index contributed by atoms with van der Waals surface area (Å²) in [7, 11) is 1.65. The van der Waals surface area contributed by atoms with E-state index in [1.807, 2.05) is 47.7 Å². The number of ether oxygens (including phenoxy) is 1. The van der Waals surface area contributed by atoms with Gasteiger partial charge in [-0.05, 0) is 43.3 Å². The number of carbonyl (C=O) groups excluding carboxylic acids is 1. The molecule has 0 aliphatic carbocycles. The average molecular weight is 447 g/mol. The zero-order valence-electron chi connectivity index (χ0n) is 19.0. The van der Waals surface area contributed by atoms with Crippen LogP contribution in [-0.4, -0.2) is 63.8 Å². The number of nitrogens with zero attached hydrogens (tertiary/aromatic N) is 6. The van der Waals surface area contributed by atoms with Gasteiger partial charge in [0.05, 0.1) is 30.1 Å². The highest BCUT2D eigenvalue weighted by molar-refractivity contribution is 5.92. The molecular weight excluding hydrogens is 420 g/mol. The number of rotatable bonds is 5. The lowest BCUT2D eigenvalue weighted by Crippen LogP contribution is -2.49. The Kier molecular flexibility index (Phi) is 5.45. The largest absolute Gasteiger partial charge is 0.497 e. The highest BCUT2D eigenvalue weighted by Gasteiger charge is 2.27. The van der Waals surface area contributed by atoms with Gasteiger partial charge in [0.2, 0.25) is 0 Å². The molecule has 1 amide bonds. The smallest absolute Gasteiger partial charge is 0.289 e. The van der Waals surface area contributed by atoms with E-state index >= 15 is 0 Å². The summed E-state index contributed by atoms with van der Waals surface area (Å²) in [6.45, 7) is 6.57. The number of aryl methyl sites for hydroxylation is 2. The molecule has 0 radical (unpaired) electrons. The predicted molar refractivity (Wildman–Crippen MR) is 124 cm³/mol. The number of methoxy groups -OCH3 is 1. The maximum absolute atomic E-state index is 12.6. The summed E-state index contributed by atoms with van der Waals surface area (Å²) < 4.78 is 12.4. The van der Waals surface area contributed by atoms with Gasteiger partial charge in [0.25, 0.3) is 5.91 Å². The average Bonchev–Trinajstić information content (AvgIpc) is 3.52. The van der Waals surface area contributed by atoms with Crippen LogP contribution >= 0.6 is 0 Å². The molecule has 0 spiro atoms. The van der Waals surface area contributed by atoms with Crippen LogP contribution in [0.2, 0.25) is 0 Å². The molecule has 1 aliphatic heterocycles. The highest BCUT2D eigenvalue weighted by atomic mass is 16.5. The second-order valence-corrected chi connectivity index (χ2v) is 7.97. The number of benzene rings is 1. The van der Waals surface area contributed by atoms with Gasteiger partial charge in [-0.3, -0.25) is 4.79 Å². The minimum atomic E-state index is -0.0785. The van der Waals surface area contributed by atoms with Gasteiger partial charge < -0.3 is 19.0 Å². The van der Waals surface area contributed by atoms with Crippen LogP contribution in [0.4, 0.5) is 5.82 Å². The van der Waals surface area contributed by atoms with Crippen LogP contribution in [0.25, 0.3) is 16.7 Å². The third-order valence-corrected chi connectivity index (χ3v) is 5.96. The second-order valence-electron chi connectivity index (χ2n) is 7.97. The summed E-state index contributed by atoms with van der Waals surface area (Å²) in [6.07, 6.45) is 2.24. The van der Waals surface area contributed by atoms with E-state index in [9.17, 15) is 4.79 Å². The molecule has 9 heteroatoms. The standard InChI is InChI=1S/C24H26N6O3/c1-4-20-25-22(28-11-13-29(14-12-28)24(31)19-6-5-15-33-19)21-16(2)27-30(23(21)26-20)17-7-9-18(32-3)10-8-17/h5-10,15H,4,11-14H2,1-3H3. The van der Waals surface area contributed by atoms with Gasteiger partial charge in [0.15, 0.2) is 11.4 Å². The maximum Gasteiger partial charge on any atom is 0.289 e. The first-order valence-electron chi connectivity index (χ1n) is 11.1. The molecule has 1 aromatic carbocycles. The first-order chi connectivity index (χ1) is 16.1. The summed E-state index contributed by atoms with van der Waals surface area (Å²) in [6, 6.07) is 11.2. The molecule has 4 heterocycles. The summed E-state index contributed by atoms with van der Waals surface area (Å²) in [5.41, 5.74) is 2.57. The highest BCUT2D eigenvalue weighted by Crippen LogP contribution is 2.30. The van der Waals surface area contributed by atoms with Crippen LogP contribution in [-0.2, 0) is 6.42 Å². The number of aromatic nitrogens is 4. The van der Waals surface area contributed by atoms with Crippen molar-refractivity contribution >= 4 is 22.8 Å². The topological polar surface area (TPSA) is 89.5 Å². The first kappa shape index (κ1) is 21.0. The Morgan fingerprint density at radius 3 is 2.48 bits per heavy atom. The molecule has 33 heavy (non-hydrogen) atoms. The van der Waals surface area contributed by atoms with Crippen molar-refractivity contribution in [3.05, 3.63) is 59.9 Å². The van der Waals surface area contributed by atoms with Crippen molar-refractivity contribution in [3.8, 4) is 11.4 Å². The van der Waals surface area contributed by atoms with Crippen molar-refractivity contribution < 1.29 is 13.9 Å². The molecule has 1 saturated heterocycles. The van der Waals surface area contributed by atoms with E-state index in [0.717, 1.165) is 39.8 Å². The van der Waals surface area contributed by atoms with Crippen LogP contribution in [0.3, 0.4) is 0 Å². The lowest BCUT2D eigenvalue weighted by molar-refractivity contribution is 0.0714. The third-order valence-electron chi connectivity index (χ3n) is 5.96. The molecule has 0 N–H and O–H groups in total. The van der Waals surface area contributed by atoms with Crippen molar-refractivity contribution in [2.75, 3.05) is 38.2 Å². The fourth-order valence-electron chi connectivity index (χ4n) is 4.17. The number of furan rings is 1. The Bertz CT molecular complexity index is 1270.